The lowest BCUT2D eigenvalue weighted by atomic mass is 9.99. The lowest BCUT2D eigenvalue weighted by Crippen LogP contribution is -2.45. The van der Waals surface area contributed by atoms with Gasteiger partial charge in [-0.15, -0.1) is 0 Å². The number of sulfonamides is 1. The van der Waals surface area contributed by atoms with Gasteiger partial charge in [0.05, 0.1) is 11.9 Å². The van der Waals surface area contributed by atoms with Gasteiger partial charge in [-0.2, -0.15) is 11.8 Å². The Hall–Kier alpha value is 0.180. The first-order valence-electron chi connectivity index (χ1n) is 6.62. The third kappa shape index (κ3) is 6.44. The molecule has 0 amide bonds. The molecule has 0 bridgehead atoms. The predicted octanol–water partition coefficient (Wildman–Crippen LogP) is 0.362. The Labute approximate surface area is 121 Å². The lowest BCUT2D eigenvalue weighted by Gasteiger charge is -2.32. The highest BCUT2D eigenvalue weighted by molar-refractivity contribution is 7.98. The normalized spacial score (nSPS) is 25.2. The van der Waals surface area contributed by atoms with E-state index >= 15 is 0 Å². The molecular formula is C12H26N2O3S2. The minimum absolute atomic E-state index is 0.341. The summed E-state index contributed by atoms with van der Waals surface area (Å²) in [5, 5.41) is 13.3. The van der Waals surface area contributed by atoms with E-state index < -0.39 is 15.6 Å². The SMILES string of the molecule is CSCC(C)(O)CNCC1CCCN(S(C)(=O)=O)C1. The number of nitrogens with zero attached hydrogens (tertiary/aromatic N) is 1. The maximum atomic E-state index is 11.5. The summed E-state index contributed by atoms with van der Waals surface area (Å²) >= 11 is 1.62. The molecule has 2 unspecified atom stereocenters. The van der Waals surface area contributed by atoms with Gasteiger partial charge in [-0.3, -0.25) is 0 Å². The first kappa shape index (κ1) is 17.2. The molecule has 114 valence electrons. The summed E-state index contributed by atoms with van der Waals surface area (Å²) in [6.45, 7) is 4.36. The number of nitrogens with one attached hydrogen (secondary N) is 1. The summed E-state index contributed by atoms with van der Waals surface area (Å²) in [6.07, 6.45) is 5.20. The number of piperidine rings is 1. The lowest BCUT2D eigenvalue weighted by molar-refractivity contribution is 0.0826. The van der Waals surface area contributed by atoms with Gasteiger partial charge in [0.1, 0.15) is 0 Å². The Morgan fingerprint density at radius 3 is 2.79 bits per heavy atom. The van der Waals surface area contributed by atoms with Gasteiger partial charge in [-0.1, -0.05) is 0 Å². The first-order valence-corrected chi connectivity index (χ1v) is 9.86. The van der Waals surface area contributed by atoms with Crippen LogP contribution in [0.25, 0.3) is 0 Å². The van der Waals surface area contributed by atoms with Crippen molar-refractivity contribution >= 4 is 21.8 Å². The predicted molar refractivity (Wildman–Crippen MR) is 81.0 cm³/mol. The molecule has 19 heavy (non-hydrogen) atoms. The molecule has 5 nitrogen and oxygen atoms in total. The Morgan fingerprint density at radius 1 is 1.53 bits per heavy atom. The fraction of sp³-hybridized carbons (Fsp3) is 1.00. The highest BCUT2D eigenvalue weighted by Crippen LogP contribution is 2.18. The molecule has 0 radical (unpaired) electrons. The minimum Gasteiger partial charge on any atom is -0.388 e. The van der Waals surface area contributed by atoms with E-state index in [0.29, 0.717) is 31.3 Å². The van der Waals surface area contributed by atoms with Crippen LogP contribution in [0.2, 0.25) is 0 Å². The van der Waals surface area contributed by atoms with Crippen LogP contribution in [0.3, 0.4) is 0 Å². The second-order valence-corrected chi connectivity index (χ2v) is 8.54. The molecule has 1 aliphatic rings. The van der Waals surface area contributed by atoms with Gasteiger partial charge in [-0.05, 0) is 38.5 Å². The minimum atomic E-state index is -3.07. The monoisotopic (exact) mass is 310 g/mol. The van der Waals surface area contributed by atoms with Crippen molar-refractivity contribution in [3.05, 3.63) is 0 Å². The Balaban J connectivity index is 2.34. The quantitative estimate of drug-likeness (QED) is 0.711. The van der Waals surface area contributed by atoms with E-state index in [2.05, 4.69) is 5.32 Å². The van der Waals surface area contributed by atoms with Crippen LogP contribution >= 0.6 is 11.8 Å². The molecule has 0 aromatic heterocycles. The van der Waals surface area contributed by atoms with E-state index in [4.69, 9.17) is 0 Å². The van der Waals surface area contributed by atoms with Gasteiger partial charge in [0, 0.05) is 25.4 Å². The van der Waals surface area contributed by atoms with E-state index in [1.165, 1.54) is 6.26 Å². The summed E-state index contributed by atoms with van der Waals surface area (Å²) in [5.74, 6) is 1.04. The maximum absolute atomic E-state index is 11.5. The van der Waals surface area contributed by atoms with Crippen molar-refractivity contribution in [2.75, 3.05) is 44.4 Å². The fourth-order valence-corrected chi connectivity index (χ4v) is 4.07. The third-order valence-electron chi connectivity index (χ3n) is 3.34. The summed E-state index contributed by atoms with van der Waals surface area (Å²) in [5.41, 5.74) is -0.704. The molecule has 0 aromatic carbocycles. The number of thioether (sulfide) groups is 1. The number of aliphatic hydroxyl groups is 1. The van der Waals surface area contributed by atoms with Crippen LogP contribution in [0, 0.1) is 5.92 Å². The van der Waals surface area contributed by atoms with Gasteiger partial charge in [-0.25, -0.2) is 12.7 Å². The van der Waals surface area contributed by atoms with Crippen molar-refractivity contribution in [1.29, 1.82) is 0 Å². The largest absolute Gasteiger partial charge is 0.388 e. The van der Waals surface area contributed by atoms with Gasteiger partial charge >= 0.3 is 0 Å². The molecule has 1 heterocycles. The zero-order chi connectivity index (χ0) is 14.5. The van der Waals surface area contributed by atoms with Crippen LogP contribution in [-0.2, 0) is 10.0 Å². The molecule has 1 aliphatic heterocycles. The highest BCUT2D eigenvalue weighted by atomic mass is 32.2. The second kappa shape index (κ2) is 7.26. The number of hydrogen-bond acceptors (Lipinski definition) is 5. The van der Waals surface area contributed by atoms with Crippen molar-refractivity contribution in [2.45, 2.75) is 25.4 Å². The standard InChI is InChI=1S/C12H26N2O3S2/c1-12(15,10-18-2)9-13-7-11-5-4-6-14(8-11)19(3,16)17/h11,13,15H,4-10H2,1-3H3. The van der Waals surface area contributed by atoms with Crippen molar-refractivity contribution in [1.82, 2.24) is 9.62 Å². The highest BCUT2D eigenvalue weighted by Gasteiger charge is 2.26. The van der Waals surface area contributed by atoms with Crippen LogP contribution in [0.5, 0.6) is 0 Å². The zero-order valence-electron chi connectivity index (χ0n) is 12.1. The molecule has 2 N–H and O–H groups in total. The molecule has 7 heteroatoms. The Kier molecular flexibility index (Phi) is 6.59. The summed E-state index contributed by atoms with van der Waals surface area (Å²) < 4.78 is 24.6. The summed E-state index contributed by atoms with van der Waals surface area (Å²) in [6, 6.07) is 0. The van der Waals surface area contributed by atoms with Gasteiger partial charge in [0.15, 0.2) is 0 Å². The zero-order valence-corrected chi connectivity index (χ0v) is 13.7. The molecule has 0 spiro atoms. The van der Waals surface area contributed by atoms with E-state index in [1.807, 2.05) is 13.2 Å². The molecule has 0 saturated carbocycles. The van der Waals surface area contributed by atoms with Crippen LogP contribution in [0.15, 0.2) is 0 Å². The van der Waals surface area contributed by atoms with Crippen LogP contribution in [0.4, 0.5) is 0 Å². The molecule has 1 fully saturated rings. The number of hydrogen-bond donors (Lipinski definition) is 2. The van der Waals surface area contributed by atoms with Crippen molar-refractivity contribution in [2.24, 2.45) is 5.92 Å². The molecule has 2 atom stereocenters. The van der Waals surface area contributed by atoms with Crippen LogP contribution < -0.4 is 5.32 Å². The van der Waals surface area contributed by atoms with Crippen molar-refractivity contribution in [3.63, 3.8) is 0 Å². The van der Waals surface area contributed by atoms with Crippen molar-refractivity contribution in [3.8, 4) is 0 Å². The van der Waals surface area contributed by atoms with Gasteiger partial charge in [0.2, 0.25) is 10.0 Å². The molecule has 0 aliphatic carbocycles. The van der Waals surface area contributed by atoms with E-state index in [1.54, 1.807) is 16.1 Å². The smallest absolute Gasteiger partial charge is 0.211 e. The van der Waals surface area contributed by atoms with Gasteiger partial charge < -0.3 is 10.4 Å². The van der Waals surface area contributed by atoms with Crippen LogP contribution in [0.1, 0.15) is 19.8 Å². The molecule has 1 rings (SSSR count). The topological polar surface area (TPSA) is 69.6 Å². The second-order valence-electron chi connectivity index (χ2n) is 5.69. The first-order chi connectivity index (χ1) is 8.74. The molecular weight excluding hydrogens is 284 g/mol. The summed E-state index contributed by atoms with van der Waals surface area (Å²) in [4.78, 5) is 0. The van der Waals surface area contributed by atoms with Crippen molar-refractivity contribution < 1.29 is 13.5 Å². The van der Waals surface area contributed by atoms with E-state index in [9.17, 15) is 13.5 Å². The summed E-state index contributed by atoms with van der Waals surface area (Å²) in [7, 11) is -3.07. The molecule has 1 saturated heterocycles. The Morgan fingerprint density at radius 2 is 2.21 bits per heavy atom. The van der Waals surface area contributed by atoms with E-state index in [-0.39, 0.29) is 0 Å². The molecule has 0 aromatic rings. The maximum Gasteiger partial charge on any atom is 0.211 e. The Bertz CT molecular complexity index is 371. The number of rotatable bonds is 7. The van der Waals surface area contributed by atoms with Gasteiger partial charge in [0.25, 0.3) is 0 Å². The van der Waals surface area contributed by atoms with E-state index in [0.717, 1.165) is 19.4 Å². The average Bonchev–Trinajstić information content (AvgIpc) is 2.28. The fourth-order valence-electron chi connectivity index (χ4n) is 2.40. The average molecular weight is 310 g/mol. The van der Waals surface area contributed by atoms with Crippen LogP contribution in [-0.4, -0.2) is 67.9 Å². The third-order valence-corrected chi connectivity index (χ3v) is 5.53.